The van der Waals surface area contributed by atoms with E-state index in [1.165, 1.54) is 103 Å². The summed E-state index contributed by atoms with van der Waals surface area (Å²) < 4.78 is 5.06. The van der Waals surface area contributed by atoms with Gasteiger partial charge in [0.25, 0.3) is 5.97 Å². The molecule has 0 atom stereocenters. The monoisotopic (exact) mass is 384 g/mol. The van der Waals surface area contributed by atoms with Crippen LogP contribution in [0.4, 0.5) is 0 Å². The summed E-state index contributed by atoms with van der Waals surface area (Å²) in [4.78, 5) is 11.8. The van der Waals surface area contributed by atoms with Crippen molar-refractivity contribution in [3.8, 4) is 0 Å². The Morgan fingerprint density at radius 2 is 1.12 bits per heavy atom. The minimum Gasteiger partial charge on any atom is -0.529 e. The molecule has 0 aromatic heterocycles. The van der Waals surface area contributed by atoms with Crippen LogP contribution in [0.2, 0.25) is 0 Å². The molecule has 0 radical (unpaired) electrons. The summed E-state index contributed by atoms with van der Waals surface area (Å²) in [6.45, 7) is 6.87. The van der Waals surface area contributed by atoms with Crippen LogP contribution in [-0.4, -0.2) is 16.5 Å². The SMILES string of the molecule is CCCCCCCCC(CCC)(CCCCCCCC)CCC(=O)O[SiH3]. The van der Waals surface area contributed by atoms with Crippen molar-refractivity contribution in [2.75, 3.05) is 0 Å². The van der Waals surface area contributed by atoms with Crippen molar-refractivity contribution >= 4 is 16.5 Å². The van der Waals surface area contributed by atoms with Crippen LogP contribution in [0, 0.1) is 5.41 Å². The van der Waals surface area contributed by atoms with Crippen LogP contribution >= 0.6 is 0 Å². The molecule has 0 fully saturated rings. The zero-order chi connectivity index (χ0) is 19.5. The normalized spacial score (nSPS) is 11.8. The lowest BCUT2D eigenvalue weighted by Gasteiger charge is -2.34. The summed E-state index contributed by atoms with van der Waals surface area (Å²) in [6.07, 6.45) is 23.2. The molecule has 2 nitrogen and oxygen atoms in total. The van der Waals surface area contributed by atoms with Crippen molar-refractivity contribution in [2.24, 2.45) is 5.41 Å². The average Bonchev–Trinajstić information content (AvgIpc) is 2.65. The average molecular weight is 385 g/mol. The highest BCUT2D eigenvalue weighted by Gasteiger charge is 2.28. The third-order valence-electron chi connectivity index (χ3n) is 5.99. The Hall–Kier alpha value is -0.313. The fraction of sp³-hybridized carbons (Fsp3) is 0.957. The van der Waals surface area contributed by atoms with E-state index in [0.717, 1.165) is 6.42 Å². The molecule has 0 aromatic carbocycles. The van der Waals surface area contributed by atoms with E-state index in [1.54, 1.807) is 0 Å². The highest BCUT2D eigenvalue weighted by Crippen LogP contribution is 2.41. The van der Waals surface area contributed by atoms with Gasteiger partial charge in [-0.1, -0.05) is 104 Å². The van der Waals surface area contributed by atoms with Gasteiger partial charge in [0, 0.05) is 6.42 Å². The second-order valence-electron chi connectivity index (χ2n) is 8.36. The molecule has 3 heteroatoms. The van der Waals surface area contributed by atoms with Crippen molar-refractivity contribution in [3.05, 3.63) is 0 Å². The highest BCUT2D eigenvalue weighted by molar-refractivity contribution is 6.05. The van der Waals surface area contributed by atoms with E-state index in [4.69, 9.17) is 4.43 Å². The van der Waals surface area contributed by atoms with E-state index >= 15 is 0 Å². The fourth-order valence-electron chi connectivity index (χ4n) is 4.31. The topological polar surface area (TPSA) is 26.3 Å². The Bertz CT molecular complexity index is 301. The van der Waals surface area contributed by atoms with Crippen molar-refractivity contribution in [2.45, 2.75) is 136 Å². The van der Waals surface area contributed by atoms with Crippen molar-refractivity contribution in [1.29, 1.82) is 0 Å². The molecule has 0 N–H and O–H groups in total. The molecule has 0 saturated heterocycles. The largest absolute Gasteiger partial charge is 0.529 e. The summed E-state index contributed by atoms with van der Waals surface area (Å²) in [6, 6.07) is 0. The van der Waals surface area contributed by atoms with E-state index in [2.05, 4.69) is 20.8 Å². The summed E-state index contributed by atoms with van der Waals surface area (Å²) in [5.74, 6) is 0.0306. The lowest BCUT2D eigenvalue weighted by atomic mass is 9.71. The van der Waals surface area contributed by atoms with Gasteiger partial charge in [-0.15, -0.1) is 0 Å². The van der Waals surface area contributed by atoms with Gasteiger partial charge in [0.05, 0.1) is 0 Å². The standard InChI is InChI=1S/C23H48O2Si/c1-4-7-9-11-13-15-19-23(18-6-3,21-17-22(24)25-26)20-16-14-12-10-8-5-2/h4-21H2,1-3,26H3. The molecular formula is C23H48O2Si. The van der Waals surface area contributed by atoms with Gasteiger partial charge >= 0.3 is 0 Å². The number of hydrogen-bond donors (Lipinski definition) is 0. The molecular weight excluding hydrogens is 336 g/mol. The van der Waals surface area contributed by atoms with Crippen molar-refractivity contribution in [1.82, 2.24) is 0 Å². The van der Waals surface area contributed by atoms with Crippen LogP contribution < -0.4 is 0 Å². The molecule has 156 valence electrons. The van der Waals surface area contributed by atoms with Crippen LogP contribution in [0.1, 0.15) is 136 Å². The minimum absolute atomic E-state index is 0.0306. The molecule has 0 saturated carbocycles. The predicted octanol–water partition coefficient (Wildman–Crippen LogP) is 6.88. The van der Waals surface area contributed by atoms with Crippen LogP contribution in [0.15, 0.2) is 0 Å². The van der Waals surface area contributed by atoms with Crippen molar-refractivity contribution < 1.29 is 9.22 Å². The third-order valence-corrected chi connectivity index (χ3v) is 6.44. The molecule has 0 spiro atoms. The maximum absolute atomic E-state index is 11.8. The van der Waals surface area contributed by atoms with Gasteiger partial charge < -0.3 is 4.43 Å². The first kappa shape index (κ1) is 25.7. The predicted molar refractivity (Wildman–Crippen MR) is 119 cm³/mol. The van der Waals surface area contributed by atoms with Crippen LogP contribution in [0.3, 0.4) is 0 Å². The van der Waals surface area contributed by atoms with E-state index in [0.29, 0.717) is 22.3 Å². The lowest BCUT2D eigenvalue weighted by molar-refractivity contribution is -0.134. The van der Waals surface area contributed by atoms with Gasteiger partial charge in [0.1, 0.15) is 0 Å². The third kappa shape index (κ3) is 13.8. The molecule has 0 amide bonds. The molecule has 0 bridgehead atoms. The van der Waals surface area contributed by atoms with Gasteiger partial charge in [-0.25, -0.2) is 0 Å². The first-order valence-corrected chi connectivity index (χ1v) is 12.5. The maximum atomic E-state index is 11.8. The second kappa shape index (κ2) is 18.1. The Balaban J connectivity index is 4.48. The van der Waals surface area contributed by atoms with Gasteiger partial charge in [-0.2, -0.15) is 0 Å². The summed E-state index contributed by atoms with van der Waals surface area (Å²) in [5, 5.41) is 0. The van der Waals surface area contributed by atoms with E-state index in [1.807, 2.05) is 0 Å². The van der Waals surface area contributed by atoms with Gasteiger partial charge in [-0.3, -0.25) is 4.79 Å². The van der Waals surface area contributed by atoms with Gasteiger partial charge in [-0.05, 0) is 31.1 Å². The number of hydrogen-bond acceptors (Lipinski definition) is 2. The first-order valence-electron chi connectivity index (χ1n) is 11.7. The molecule has 0 unspecified atom stereocenters. The lowest BCUT2D eigenvalue weighted by Crippen LogP contribution is -2.23. The first-order chi connectivity index (χ1) is 12.6. The molecule has 0 aromatic rings. The van der Waals surface area contributed by atoms with E-state index < -0.39 is 0 Å². The van der Waals surface area contributed by atoms with Gasteiger partial charge in [0.2, 0.25) is 10.5 Å². The number of carbonyl (C=O) groups is 1. The van der Waals surface area contributed by atoms with Crippen LogP contribution in [0.25, 0.3) is 0 Å². The van der Waals surface area contributed by atoms with E-state index in [9.17, 15) is 4.79 Å². The fourth-order valence-corrected chi connectivity index (χ4v) is 4.51. The summed E-state index contributed by atoms with van der Waals surface area (Å²) >= 11 is 0. The molecule has 26 heavy (non-hydrogen) atoms. The second-order valence-corrected chi connectivity index (χ2v) is 8.77. The zero-order valence-corrected chi connectivity index (χ0v) is 20.5. The minimum atomic E-state index is 0.0306. The van der Waals surface area contributed by atoms with Crippen molar-refractivity contribution in [3.63, 3.8) is 0 Å². The molecule has 0 rings (SSSR count). The molecule has 0 aliphatic heterocycles. The van der Waals surface area contributed by atoms with E-state index in [-0.39, 0.29) is 5.97 Å². The summed E-state index contributed by atoms with van der Waals surface area (Å²) in [5.41, 5.74) is 0.389. The number of carbonyl (C=O) groups excluding carboxylic acids is 1. The van der Waals surface area contributed by atoms with Gasteiger partial charge in [0.15, 0.2) is 0 Å². The number of rotatable bonds is 19. The quantitative estimate of drug-likeness (QED) is 0.179. The Kier molecular flexibility index (Phi) is 17.9. The van der Waals surface area contributed by atoms with Crippen LogP contribution in [0.5, 0.6) is 0 Å². The smallest absolute Gasteiger partial charge is 0.291 e. The number of unbranched alkanes of at least 4 members (excludes halogenated alkanes) is 10. The van der Waals surface area contributed by atoms with Crippen LogP contribution in [-0.2, 0) is 9.22 Å². The highest BCUT2D eigenvalue weighted by atomic mass is 28.2. The summed E-state index contributed by atoms with van der Waals surface area (Å²) in [7, 11) is 0.535. The molecule has 0 heterocycles. The molecule has 0 aliphatic carbocycles. The maximum Gasteiger partial charge on any atom is 0.291 e. The Morgan fingerprint density at radius 1 is 0.654 bits per heavy atom. The zero-order valence-electron chi connectivity index (χ0n) is 18.5. The Labute approximate surface area is 167 Å². The Morgan fingerprint density at radius 3 is 1.54 bits per heavy atom. The molecule has 0 aliphatic rings.